The Bertz CT molecular complexity index is 312. The van der Waals surface area contributed by atoms with Crippen molar-refractivity contribution in [1.82, 2.24) is 4.98 Å². The molecule has 1 aliphatic rings. The zero-order valence-electron chi connectivity index (χ0n) is 7.38. The number of pyridine rings is 1. The molecule has 0 radical (unpaired) electrons. The van der Waals surface area contributed by atoms with Crippen LogP contribution in [0.4, 0.5) is 5.82 Å². The van der Waals surface area contributed by atoms with Gasteiger partial charge in [-0.05, 0) is 41.5 Å². The Labute approximate surface area is 91.0 Å². The van der Waals surface area contributed by atoms with E-state index in [0.717, 1.165) is 15.1 Å². The average molecular weight is 290 g/mol. The number of halogens is 1. The second kappa shape index (κ2) is 3.69. The summed E-state index contributed by atoms with van der Waals surface area (Å²) >= 11 is 2.27. The molecule has 0 saturated heterocycles. The van der Waals surface area contributed by atoms with Gasteiger partial charge in [-0.25, -0.2) is 4.98 Å². The number of ether oxygens (including phenoxy) is 1. The fourth-order valence-electron chi connectivity index (χ4n) is 1.01. The molecule has 1 heterocycles. The van der Waals surface area contributed by atoms with Crippen molar-refractivity contribution >= 4 is 28.4 Å². The van der Waals surface area contributed by atoms with E-state index in [1.54, 1.807) is 6.20 Å². The van der Waals surface area contributed by atoms with E-state index in [2.05, 4.69) is 32.9 Å². The van der Waals surface area contributed by atoms with Gasteiger partial charge in [-0.3, -0.25) is 0 Å². The Balaban J connectivity index is 2.15. The third-order valence-electron chi connectivity index (χ3n) is 1.89. The lowest BCUT2D eigenvalue weighted by Gasteiger charge is -2.07. The maximum absolute atomic E-state index is 5.66. The Hall–Kier alpha value is -0.520. The number of hydrogen-bond acceptors (Lipinski definition) is 3. The number of rotatable bonds is 3. The van der Waals surface area contributed by atoms with Crippen molar-refractivity contribution < 1.29 is 4.74 Å². The second-order valence-electron chi connectivity index (χ2n) is 3.07. The SMILES string of the molecule is CNc1cc(I)c(OC2CC2)cn1. The number of anilines is 1. The number of aromatic nitrogens is 1. The molecule has 0 amide bonds. The molecule has 0 unspecified atom stereocenters. The summed E-state index contributed by atoms with van der Waals surface area (Å²) in [6, 6.07) is 1.98. The fourth-order valence-corrected chi connectivity index (χ4v) is 1.57. The van der Waals surface area contributed by atoms with Gasteiger partial charge < -0.3 is 10.1 Å². The molecule has 0 atom stereocenters. The number of nitrogens with one attached hydrogen (secondary N) is 1. The van der Waals surface area contributed by atoms with Crippen LogP contribution in [0.5, 0.6) is 5.75 Å². The Morgan fingerprint density at radius 3 is 2.92 bits per heavy atom. The van der Waals surface area contributed by atoms with Gasteiger partial charge in [-0.15, -0.1) is 0 Å². The van der Waals surface area contributed by atoms with Gasteiger partial charge in [0, 0.05) is 7.05 Å². The van der Waals surface area contributed by atoms with Gasteiger partial charge in [0.2, 0.25) is 0 Å². The Morgan fingerprint density at radius 2 is 2.38 bits per heavy atom. The maximum Gasteiger partial charge on any atom is 0.151 e. The van der Waals surface area contributed by atoms with Crippen LogP contribution in [0.15, 0.2) is 12.3 Å². The van der Waals surface area contributed by atoms with Crippen LogP contribution in [0.2, 0.25) is 0 Å². The minimum atomic E-state index is 0.441. The van der Waals surface area contributed by atoms with E-state index in [9.17, 15) is 0 Å². The van der Waals surface area contributed by atoms with E-state index in [1.807, 2.05) is 13.1 Å². The highest BCUT2D eigenvalue weighted by atomic mass is 127. The minimum absolute atomic E-state index is 0.441. The summed E-state index contributed by atoms with van der Waals surface area (Å²) in [6.07, 6.45) is 4.59. The first kappa shape index (κ1) is 9.05. The van der Waals surface area contributed by atoms with E-state index >= 15 is 0 Å². The molecular formula is C9H11IN2O. The van der Waals surface area contributed by atoms with Gasteiger partial charge >= 0.3 is 0 Å². The van der Waals surface area contributed by atoms with Crippen LogP contribution in [0.1, 0.15) is 12.8 Å². The number of hydrogen-bond donors (Lipinski definition) is 1. The zero-order chi connectivity index (χ0) is 9.26. The summed E-state index contributed by atoms with van der Waals surface area (Å²) in [4.78, 5) is 4.20. The Kier molecular flexibility index (Phi) is 2.57. The highest BCUT2D eigenvalue weighted by Gasteiger charge is 2.24. The molecule has 1 aromatic rings. The van der Waals surface area contributed by atoms with Crippen LogP contribution in [0, 0.1) is 3.57 Å². The molecule has 4 heteroatoms. The molecule has 1 aromatic heterocycles. The van der Waals surface area contributed by atoms with Crippen LogP contribution in [-0.4, -0.2) is 18.1 Å². The summed E-state index contributed by atoms with van der Waals surface area (Å²) in [5.74, 6) is 1.79. The van der Waals surface area contributed by atoms with Crippen LogP contribution < -0.4 is 10.1 Å². The first-order valence-corrected chi connectivity index (χ1v) is 5.37. The van der Waals surface area contributed by atoms with Gasteiger partial charge in [0.05, 0.1) is 15.9 Å². The molecule has 1 N–H and O–H groups in total. The third-order valence-corrected chi connectivity index (χ3v) is 2.74. The molecule has 0 bridgehead atoms. The van der Waals surface area contributed by atoms with E-state index in [1.165, 1.54) is 12.8 Å². The summed E-state index contributed by atoms with van der Waals surface area (Å²) in [7, 11) is 1.86. The normalized spacial score (nSPS) is 15.5. The van der Waals surface area contributed by atoms with Gasteiger partial charge in [0.25, 0.3) is 0 Å². The van der Waals surface area contributed by atoms with Crippen molar-refractivity contribution in [3.05, 3.63) is 15.8 Å². The maximum atomic E-state index is 5.66. The van der Waals surface area contributed by atoms with Crippen LogP contribution in [0.3, 0.4) is 0 Å². The van der Waals surface area contributed by atoms with Crippen molar-refractivity contribution in [2.75, 3.05) is 12.4 Å². The molecule has 0 aromatic carbocycles. The lowest BCUT2D eigenvalue weighted by molar-refractivity contribution is 0.300. The van der Waals surface area contributed by atoms with Crippen molar-refractivity contribution in [2.45, 2.75) is 18.9 Å². The number of nitrogens with zero attached hydrogens (tertiary/aromatic N) is 1. The minimum Gasteiger partial charge on any atom is -0.488 e. The van der Waals surface area contributed by atoms with Crippen molar-refractivity contribution in [3.63, 3.8) is 0 Å². The van der Waals surface area contributed by atoms with Gasteiger partial charge in [-0.2, -0.15) is 0 Å². The van der Waals surface area contributed by atoms with Crippen molar-refractivity contribution in [3.8, 4) is 5.75 Å². The summed E-state index contributed by atoms with van der Waals surface area (Å²) in [5, 5.41) is 2.99. The van der Waals surface area contributed by atoms with E-state index in [-0.39, 0.29) is 0 Å². The summed E-state index contributed by atoms with van der Waals surface area (Å²) < 4.78 is 6.77. The Morgan fingerprint density at radius 1 is 1.62 bits per heavy atom. The predicted molar refractivity (Wildman–Crippen MR) is 60.2 cm³/mol. The molecule has 1 aliphatic carbocycles. The molecule has 3 nitrogen and oxygen atoms in total. The third kappa shape index (κ3) is 2.24. The van der Waals surface area contributed by atoms with Crippen molar-refractivity contribution in [1.29, 1.82) is 0 Å². The topological polar surface area (TPSA) is 34.1 Å². The lowest BCUT2D eigenvalue weighted by atomic mass is 10.4. The van der Waals surface area contributed by atoms with Crippen molar-refractivity contribution in [2.24, 2.45) is 0 Å². The van der Waals surface area contributed by atoms with E-state index < -0.39 is 0 Å². The lowest BCUT2D eigenvalue weighted by Crippen LogP contribution is -2.00. The molecular weight excluding hydrogens is 279 g/mol. The smallest absolute Gasteiger partial charge is 0.151 e. The van der Waals surface area contributed by atoms with Gasteiger partial charge in [-0.1, -0.05) is 0 Å². The first-order valence-electron chi connectivity index (χ1n) is 4.29. The summed E-state index contributed by atoms with van der Waals surface area (Å²) in [6.45, 7) is 0. The van der Waals surface area contributed by atoms with E-state index in [4.69, 9.17) is 4.74 Å². The van der Waals surface area contributed by atoms with Crippen LogP contribution in [0.25, 0.3) is 0 Å². The average Bonchev–Trinajstić information content (AvgIpc) is 2.92. The first-order chi connectivity index (χ1) is 6.29. The highest BCUT2D eigenvalue weighted by molar-refractivity contribution is 14.1. The highest BCUT2D eigenvalue weighted by Crippen LogP contribution is 2.30. The molecule has 1 saturated carbocycles. The van der Waals surface area contributed by atoms with Gasteiger partial charge in [0.1, 0.15) is 5.82 Å². The zero-order valence-corrected chi connectivity index (χ0v) is 9.54. The standard InChI is InChI=1S/C9H11IN2O/c1-11-9-4-7(10)8(5-12-9)13-6-2-3-6/h4-6H,2-3H2,1H3,(H,11,12). The quantitative estimate of drug-likeness (QED) is 0.867. The van der Waals surface area contributed by atoms with Gasteiger partial charge in [0.15, 0.2) is 5.75 Å². The molecule has 0 aliphatic heterocycles. The fraction of sp³-hybridized carbons (Fsp3) is 0.444. The molecule has 70 valence electrons. The van der Waals surface area contributed by atoms with Crippen LogP contribution in [-0.2, 0) is 0 Å². The molecule has 1 fully saturated rings. The monoisotopic (exact) mass is 290 g/mol. The summed E-state index contributed by atoms with van der Waals surface area (Å²) in [5.41, 5.74) is 0. The largest absolute Gasteiger partial charge is 0.488 e. The van der Waals surface area contributed by atoms with Crippen LogP contribution >= 0.6 is 22.6 Å². The predicted octanol–water partition coefficient (Wildman–Crippen LogP) is 2.27. The van der Waals surface area contributed by atoms with E-state index in [0.29, 0.717) is 6.10 Å². The second-order valence-corrected chi connectivity index (χ2v) is 4.23. The molecule has 2 rings (SSSR count). The molecule has 0 spiro atoms. The molecule has 13 heavy (non-hydrogen) atoms.